The molecular formula is C20H24N6O4. The quantitative estimate of drug-likeness (QED) is 0.509. The fraction of sp³-hybridized carbons (Fsp3) is 0.300. The summed E-state index contributed by atoms with van der Waals surface area (Å²) in [4.78, 5) is 30.0. The molecule has 10 heteroatoms. The van der Waals surface area contributed by atoms with Crippen molar-refractivity contribution in [2.75, 3.05) is 37.5 Å². The maximum absolute atomic E-state index is 13.3. The van der Waals surface area contributed by atoms with Gasteiger partial charge in [0.25, 0.3) is 5.91 Å². The summed E-state index contributed by atoms with van der Waals surface area (Å²) in [7, 11) is 5.04. The number of rotatable bonds is 7. The number of anilines is 2. The molecule has 0 aliphatic heterocycles. The summed E-state index contributed by atoms with van der Waals surface area (Å²) in [5, 5.41) is 19.4. The minimum Gasteiger partial charge on any atom is -0.497 e. The van der Waals surface area contributed by atoms with Gasteiger partial charge >= 0.3 is 6.09 Å². The summed E-state index contributed by atoms with van der Waals surface area (Å²) in [6.45, 7) is 2.32. The molecule has 0 bridgehead atoms. The number of benzene rings is 1. The first-order valence-corrected chi connectivity index (χ1v) is 9.28. The molecule has 0 unspecified atom stereocenters. The molecule has 0 aliphatic rings. The first-order valence-electron chi connectivity index (χ1n) is 9.28. The molecule has 0 aliphatic carbocycles. The number of hydrogen-bond acceptors (Lipinski definition) is 6. The number of hydrogen-bond donors (Lipinski definition) is 3. The average molecular weight is 412 g/mol. The summed E-state index contributed by atoms with van der Waals surface area (Å²) in [6, 6.07) is 7.15. The van der Waals surface area contributed by atoms with E-state index in [0.29, 0.717) is 34.9 Å². The minimum absolute atomic E-state index is 0.181. The largest absolute Gasteiger partial charge is 0.497 e. The van der Waals surface area contributed by atoms with E-state index in [9.17, 15) is 9.59 Å². The van der Waals surface area contributed by atoms with Gasteiger partial charge < -0.3 is 25.4 Å². The molecule has 0 fully saturated rings. The third-order valence-corrected chi connectivity index (χ3v) is 4.72. The van der Waals surface area contributed by atoms with E-state index in [1.165, 1.54) is 11.1 Å². The van der Waals surface area contributed by atoms with E-state index >= 15 is 0 Å². The molecule has 2 aromatic heterocycles. The van der Waals surface area contributed by atoms with Crippen molar-refractivity contribution >= 4 is 34.4 Å². The fourth-order valence-electron chi connectivity index (χ4n) is 3.22. The Bertz CT molecular complexity index is 1080. The van der Waals surface area contributed by atoms with Crippen LogP contribution in [0.5, 0.6) is 5.75 Å². The summed E-state index contributed by atoms with van der Waals surface area (Å²) in [5.74, 6) is 0.438. The van der Waals surface area contributed by atoms with Crippen molar-refractivity contribution in [1.82, 2.24) is 20.1 Å². The number of fused-ring (bicyclic) bond motifs is 1. The molecule has 0 saturated heterocycles. The van der Waals surface area contributed by atoms with E-state index in [1.807, 2.05) is 6.92 Å². The Hall–Kier alpha value is -3.82. The van der Waals surface area contributed by atoms with Gasteiger partial charge in [-0.05, 0) is 31.2 Å². The summed E-state index contributed by atoms with van der Waals surface area (Å²) < 4.78 is 6.81. The lowest BCUT2D eigenvalue weighted by Crippen LogP contribution is -2.29. The second kappa shape index (κ2) is 8.68. The SMILES string of the molecule is COc1ccc(N(C)C(=O)c2cnc3c(c(C)nn3C)c2NCCNC(=O)O)cc1. The van der Waals surface area contributed by atoms with Crippen LogP contribution in [0.1, 0.15) is 16.1 Å². The molecule has 30 heavy (non-hydrogen) atoms. The number of nitrogens with zero attached hydrogens (tertiary/aromatic N) is 4. The molecule has 3 rings (SSSR count). The van der Waals surface area contributed by atoms with E-state index in [2.05, 4.69) is 20.7 Å². The lowest BCUT2D eigenvalue weighted by atomic mass is 10.1. The molecule has 0 saturated carbocycles. The number of carbonyl (C=O) groups excluding carboxylic acids is 1. The van der Waals surface area contributed by atoms with Crippen LogP contribution in [0.3, 0.4) is 0 Å². The highest BCUT2D eigenvalue weighted by molar-refractivity contribution is 6.13. The Morgan fingerprint density at radius 2 is 1.93 bits per heavy atom. The number of nitrogens with one attached hydrogen (secondary N) is 2. The number of aryl methyl sites for hydroxylation is 2. The smallest absolute Gasteiger partial charge is 0.404 e. The van der Waals surface area contributed by atoms with Gasteiger partial charge in [-0.25, -0.2) is 9.78 Å². The highest BCUT2D eigenvalue weighted by Crippen LogP contribution is 2.30. The summed E-state index contributed by atoms with van der Waals surface area (Å²) in [6.07, 6.45) is 0.406. The fourth-order valence-corrected chi connectivity index (χ4v) is 3.22. The van der Waals surface area contributed by atoms with Crippen LogP contribution in [0.4, 0.5) is 16.2 Å². The second-order valence-corrected chi connectivity index (χ2v) is 6.68. The van der Waals surface area contributed by atoms with Crippen molar-refractivity contribution in [3.63, 3.8) is 0 Å². The number of amides is 2. The van der Waals surface area contributed by atoms with Gasteiger partial charge in [0.1, 0.15) is 5.75 Å². The van der Waals surface area contributed by atoms with E-state index in [-0.39, 0.29) is 12.5 Å². The Balaban J connectivity index is 1.98. The first kappa shape index (κ1) is 20.9. The van der Waals surface area contributed by atoms with E-state index in [1.54, 1.807) is 50.2 Å². The molecule has 0 atom stereocenters. The number of carboxylic acid groups (broad SMARTS) is 1. The van der Waals surface area contributed by atoms with Gasteiger partial charge in [0, 0.05) is 39.1 Å². The molecule has 1 aromatic carbocycles. The first-order chi connectivity index (χ1) is 14.3. The molecular weight excluding hydrogens is 388 g/mol. The Labute approximate surface area is 173 Å². The van der Waals surface area contributed by atoms with Crippen molar-refractivity contribution in [2.24, 2.45) is 7.05 Å². The molecule has 2 amide bonds. The number of methoxy groups -OCH3 is 1. The maximum atomic E-state index is 13.3. The summed E-state index contributed by atoms with van der Waals surface area (Å²) in [5.41, 5.74) is 2.98. The zero-order valence-corrected chi connectivity index (χ0v) is 17.3. The van der Waals surface area contributed by atoms with Gasteiger partial charge in [0.05, 0.1) is 29.4 Å². The molecule has 3 aromatic rings. The highest BCUT2D eigenvalue weighted by atomic mass is 16.5. The van der Waals surface area contributed by atoms with Crippen molar-refractivity contribution < 1.29 is 19.4 Å². The van der Waals surface area contributed by atoms with Gasteiger partial charge in [0.15, 0.2) is 5.65 Å². The third-order valence-electron chi connectivity index (χ3n) is 4.72. The predicted molar refractivity (Wildman–Crippen MR) is 113 cm³/mol. The van der Waals surface area contributed by atoms with Crippen LogP contribution in [0.15, 0.2) is 30.5 Å². The van der Waals surface area contributed by atoms with E-state index in [0.717, 1.165) is 11.1 Å². The van der Waals surface area contributed by atoms with Crippen molar-refractivity contribution in [3.05, 3.63) is 41.7 Å². The number of pyridine rings is 1. The minimum atomic E-state index is -1.11. The zero-order chi connectivity index (χ0) is 21.8. The molecule has 2 heterocycles. The number of carbonyl (C=O) groups is 2. The monoisotopic (exact) mass is 412 g/mol. The van der Waals surface area contributed by atoms with Crippen LogP contribution in [-0.4, -0.2) is 59.1 Å². The van der Waals surface area contributed by atoms with Crippen LogP contribution in [0.25, 0.3) is 11.0 Å². The van der Waals surface area contributed by atoms with Crippen molar-refractivity contribution in [3.8, 4) is 5.75 Å². The summed E-state index contributed by atoms with van der Waals surface area (Å²) >= 11 is 0. The van der Waals surface area contributed by atoms with Crippen LogP contribution in [-0.2, 0) is 7.05 Å². The predicted octanol–water partition coefficient (Wildman–Crippen LogP) is 2.24. The third kappa shape index (κ3) is 4.12. The van der Waals surface area contributed by atoms with Crippen LogP contribution < -0.4 is 20.3 Å². The van der Waals surface area contributed by atoms with Gasteiger partial charge in [-0.15, -0.1) is 0 Å². The van der Waals surface area contributed by atoms with E-state index < -0.39 is 6.09 Å². The van der Waals surface area contributed by atoms with Crippen LogP contribution in [0, 0.1) is 6.92 Å². The van der Waals surface area contributed by atoms with Crippen LogP contribution >= 0.6 is 0 Å². The van der Waals surface area contributed by atoms with Crippen molar-refractivity contribution in [2.45, 2.75) is 6.92 Å². The Kier molecular flexibility index (Phi) is 6.05. The molecule has 158 valence electrons. The topological polar surface area (TPSA) is 122 Å². The Morgan fingerprint density at radius 3 is 2.57 bits per heavy atom. The maximum Gasteiger partial charge on any atom is 0.404 e. The van der Waals surface area contributed by atoms with Gasteiger partial charge in [0.2, 0.25) is 0 Å². The normalized spacial score (nSPS) is 10.7. The van der Waals surface area contributed by atoms with Gasteiger partial charge in [-0.1, -0.05) is 0 Å². The second-order valence-electron chi connectivity index (χ2n) is 6.68. The Morgan fingerprint density at radius 1 is 1.23 bits per heavy atom. The van der Waals surface area contributed by atoms with Gasteiger partial charge in [-0.3, -0.25) is 9.48 Å². The molecule has 10 nitrogen and oxygen atoms in total. The van der Waals surface area contributed by atoms with Crippen LogP contribution in [0.2, 0.25) is 0 Å². The lowest BCUT2D eigenvalue weighted by Gasteiger charge is -2.20. The highest BCUT2D eigenvalue weighted by Gasteiger charge is 2.22. The lowest BCUT2D eigenvalue weighted by molar-refractivity contribution is 0.0993. The van der Waals surface area contributed by atoms with Gasteiger partial charge in [-0.2, -0.15) is 5.10 Å². The van der Waals surface area contributed by atoms with E-state index in [4.69, 9.17) is 9.84 Å². The molecule has 0 radical (unpaired) electrons. The molecule has 0 spiro atoms. The average Bonchev–Trinajstić information content (AvgIpc) is 3.03. The standard InChI is InChI=1S/C20H24N6O4/c1-12-16-17(21-9-10-22-20(28)29)15(11-23-18(16)26(3)24-12)19(27)25(2)13-5-7-14(30-4)8-6-13/h5-8,11,22H,9-10H2,1-4H3,(H,21,23)(H,28,29). The van der Waals surface area contributed by atoms with Crippen molar-refractivity contribution in [1.29, 1.82) is 0 Å². The zero-order valence-electron chi connectivity index (χ0n) is 17.3. The number of aromatic nitrogens is 3. The number of ether oxygens (including phenoxy) is 1. The molecule has 3 N–H and O–H groups in total.